The van der Waals surface area contributed by atoms with Crippen LogP contribution in [0.1, 0.15) is 52.9 Å². The van der Waals surface area contributed by atoms with Gasteiger partial charge in [0.2, 0.25) is 5.91 Å². The molecule has 8 nitrogen and oxygen atoms in total. The molecule has 2 N–H and O–H groups in total. The van der Waals surface area contributed by atoms with Crippen molar-refractivity contribution in [3.8, 4) is 0 Å². The van der Waals surface area contributed by atoms with Gasteiger partial charge in [0.1, 0.15) is 0 Å². The van der Waals surface area contributed by atoms with Crippen LogP contribution in [0.2, 0.25) is 0 Å². The van der Waals surface area contributed by atoms with Crippen LogP contribution in [0.15, 0.2) is 0 Å². The molecule has 0 unspecified atom stereocenters. The molecule has 1 amide bonds. The Balaban J connectivity index is 1.90. The lowest BCUT2D eigenvalue weighted by molar-refractivity contribution is -0.120. The van der Waals surface area contributed by atoms with Gasteiger partial charge >= 0.3 is 0 Å². The smallest absolute Gasteiger partial charge is 0.281 e. The van der Waals surface area contributed by atoms with Crippen molar-refractivity contribution in [2.45, 2.75) is 64.5 Å². The van der Waals surface area contributed by atoms with Crippen molar-refractivity contribution in [2.75, 3.05) is 45.8 Å². The van der Waals surface area contributed by atoms with Gasteiger partial charge in [0.15, 0.2) is 0 Å². The summed E-state index contributed by atoms with van der Waals surface area (Å²) in [6, 6.07) is 0.220. The van der Waals surface area contributed by atoms with Gasteiger partial charge in [0, 0.05) is 58.8 Å². The predicted molar refractivity (Wildman–Crippen MR) is 105 cm³/mol. The van der Waals surface area contributed by atoms with Crippen LogP contribution in [-0.4, -0.2) is 90.4 Å². The van der Waals surface area contributed by atoms with Gasteiger partial charge in [-0.1, -0.05) is 13.8 Å². The number of aliphatic hydroxyl groups is 1. The summed E-state index contributed by atoms with van der Waals surface area (Å²) in [7, 11) is -3.45. The third kappa shape index (κ3) is 6.12. The predicted octanol–water partition coefficient (Wildman–Crippen LogP) is 0.391. The number of carbonyl (C=O) groups is 1. The highest BCUT2D eigenvalue weighted by atomic mass is 32.2. The molecule has 0 bridgehead atoms. The first-order valence-corrected chi connectivity index (χ1v) is 11.6. The molecular weight excluding hydrogens is 368 g/mol. The van der Waals surface area contributed by atoms with E-state index in [1.165, 1.54) is 8.61 Å². The van der Waals surface area contributed by atoms with E-state index < -0.39 is 15.8 Å². The summed E-state index contributed by atoms with van der Waals surface area (Å²) < 4.78 is 28.5. The zero-order valence-electron chi connectivity index (χ0n) is 17.0. The van der Waals surface area contributed by atoms with E-state index in [2.05, 4.69) is 10.2 Å². The van der Waals surface area contributed by atoms with Gasteiger partial charge in [-0.3, -0.25) is 4.79 Å². The number of amides is 1. The van der Waals surface area contributed by atoms with E-state index >= 15 is 0 Å². The minimum absolute atomic E-state index is 0.00495. The van der Waals surface area contributed by atoms with Gasteiger partial charge in [0.05, 0.1) is 5.60 Å². The van der Waals surface area contributed by atoms with E-state index in [4.69, 9.17) is 0 Å². The molecular formula is C18H36N4O4S. The zero-order valence-corrected chi connectivity index (χ0v) is 17.8. The molecule has 9 heteroatoms. The quantitative estimate of drug-likeness (QED) is 0.640. The van der Waals surface area contributed by atoms with Crippen molar-refractivity contribution in [1.29, 1.82) is 0 Å². The van der Waals surface area contributed by atoms with E-state index in [1.54, 1.807) is 6.92 Å². The second kappa shape index (κ2) is 9.65. The lowest BCUT2D eigenvalue weighted by Gasteiger charge is -2.38. The van der Waals surface area contributed by atoms with Crippen molar-refractivity contribution in [2.24, 2.45) is 0 Å². The second-order valence-corrected chi connectivity index (χ2v) is 9.75. The molecule has 0 aliphatic carbocycles. The molecule has 2 fully saturated rings. The number of piperidine rings is 1. The molecule has 1 atom stereocenters. The Morgan fingerprint density at radius 3 is 2.33 bits per heavy atom. The molecule has 2 saturated heterocycles. The Hall–Kier alpha value is -0.740. The number of likely N-dealkylation sites (tertiary alicyclic amines) is 1. The van der Waals surface area contributed by atoms with E-state index in [9.17, 15) is 18.3 Å². The van der Waals surface area contributed by atoms with Gasteiger partial charge in [-0.2, -0.15) is 17.0 Å². The summed E-state index contributed by atoms with van der Waals surface area (Å²) in [4.78, 5) is 13.4. The van der Waals surface area contributed by atoms with Crippen LogP contribution in [0.5, 0.6) is 0 Å². The first-order valence-electron chi connectivity index (χ1n) is 10.2. The molecule has 0 aromatic rings. The third-order valence-corrected chi connectivity index (χ3v) is 7.93. The lowest BCUT2D eigenvalue weighted by atomic mass is 9.93. The van der Waals surface area contributed by atoms with Gasteiger partial charge in [-0.05, 0) is 32.1 Å². The number of nitrogens with zero attached hydrogens (tertiary/aromatic N) is 3. The number of carbonyl (C=O) groups excluding carboxylic acids is 1. The molecule has 2 aliphatic heterocycles. The molecule has 27 heavy (non-hydrogen) atoms. The van der Waals surface area contributed by atoms with E-state index in [1.807, 2.05) is 13.8 Å². The minimum atomic E-state index is -3.45. The highest BCUT2D eigenvalue weighted by Gasteiger charge is 2.37. The summed E-state index contributed by atoms with van der Waals surface area (Å²) in [5.74, 6) is 0.00495. The summed E-state index contributed by atoms with van der Waals surface area (Å²) in [5, 5.41) is 14.1. The molecule has 2 aliphatic rings. The highest BCUT2D eigenvalue weighted by Crippen LogP contribution is 2.27. The monoisotopic (exact) mass is 404 g/mol. The third-order valence-electron chi connectivity index (χ3n) is 5.75. The average Bonchev–Trinajstić information content (AvgIpc) is 2.79. The summed E-state index contributed by atoms with van der Waals surface area (Å²) in [6.07, 6.45) is 3.51. The SMILES string of the molecule is CCN(CC)S(=O)(=O)N1CCC[C@](O)(CN2CCC(NC(C)=O)CC2)CC1. The first-order chi connectivity index (χ1) is 12.7. The fourth-order valence-corrected chi connectivity index (χ4v) is 5.86. The number of β-amino-alcohol motifs (C(OH)–C–C–N with tert-alkyl or cyclic N) is 1. The van der Waals surface area contributed by atoms with E-state index in [-0.39, 0.29) is 11.9 Å². The second-order valence-electron chi connectivity index (χ2n) is 7.82. The number of nitrogens with one attached hydrogen (secondary N) is 1. The maximum absolute atomic E-state index is 12.8. The van der Waals surface area contributed by atoms with Crippen LogP contribution in [0.4, 0.5) is 0 Å². The first kappa shape index (κ1) is 22.5. The van der Waals surface area contributed by atoms with Crippen molar-refractivity contribution in [3.63, 3.8) is 0 Å². The Labute approximate surface area is 164 Å². The van der Waals surface area contributed by atoms with Crippen LogP contribution in [0.25, 0.3) is 0 Å². The Morgan fingerprint density at radius 2 is 1.78 bits per heavy atom. The van der Waals surface area contributed by atoms with Crippen molar-refractivity contribution in [3.05, 3.63) is 0 Å². The van der Waals surface area contributed by atoms with Crippen LogP contribution >= 0.6 is 0 Å². The van der Waals surface area contributed by atoms with Crippen LogP contribution < -0.4 is 5.32 Å². The molecule has 0 radical (unpaired) electrons. The normalized spacial score (nSPS) is 26.9. The van der Waals surface area contributed by atoms with Gasteiger partial charge < -0.3 is 15.3 Å². The number of rotatable bonds is 7. The minimum Gasteiger partial charge on any atom is -0.389 e. The molecule has 2 rings (SSSR count). The maximum atomic E-state index is 12.8. The molecule has 0 aromatic heterocycles. The fourth-order valence-electron chi connectivity index (χ4n) is 4.20. The molecule has 0 saturated carbocycles. The summed E-state index contributed by atoms with van der Waals surface area (Å²) in [6.45, 7) is 9.23. The van der Waals surface area contributed by atoms with Crippen LogP contribution in [0.3, 0.4) is 0 Å². The van der Waals surface area contributed by atoms with Crippen molar-refractivity contribution >= 4 is 16.1 Å². The van der Waals surface area contributed by atoms with E-state index in [0.717, 1.165) is 25.9 Å². The fraction of sp³-hybridized carbons (Fsp3) is 0.944. The Kier molecular flexibility index (Phi) is 8.05. The number of hydrogen-bond donors (Lipinski definition) is 2. The topological polar surface area (TPSA) is 93.2 Å². The van der Waals surface area contributed by atoms with E-state index in [0.29, 0.717) is 52.0 Å². The summed E-state index contributed by atoms with van der Waals surface area (Å²) >= 11 is 0. The molecule has 158 valence electrons. The largest absolute Gasteiger partial charge is 0.389 e. The van der Waals surface area contributed by atoms with Crippen LogP contribution in [0, 0.1) is 0 Å². The molecule has 2 heterocycles. The maximum Gasteiger partial charge on any atom is 0.281 e. The highest BCUT2D eigenvalue weighted by molar-refractivity contribution is 7.86. The number of hydrogen-bond acceptors (Lipinski definition) is 5. The van der Waals surface area contributed by atoms with Crippen molar-refractivity contribution < 1.29 is 18.3 Å². The Morgan fingerprint density at radius 1 is 1.15 bits per heavy atom. The van der Waals surface area contributed by atoms with Gasteiger partial charge in [-0.25, -0.2) is 0 Å². The Bertz CT molecular complexity index is 588. The summed E-state index contributed by atoms with van der Waals surface area (Å²) in [5.41, 5.74) is -0.853. The van der Waals surface area contributed by atoms with Gasteiger partial charge in [0.25, 0.3) is 10.2 Å². The molecule has 0 spiro atoms. The van der Waals surface area contributed by atoms with Gasteiger partial charge in [-0.15, -0.1) is 0 Å². The lowest BCUT2D eigenvalue weighted by Crippen LogP contribution is -2.50. The van der Waals surface area contributed by atoms with Crippen LogP contribution in [-0.2, 0) is 15.0 Å². The standard InChI is InChI=1S/C18H36N4O4S/c1-4-21(5-2)27(25,26)22-11-6-9-18(24,10-14-22)15-20-12-7-17(8-13-20)19-16(3)23/h17,24H,4-15H2,1-3H3,(H,19,23)/t18-/m1/s1. The average molecular weight is 405 g/mol. The van der Waals surface area contributed by atoms with Crippen molar-refractivity contribution in [1.82, 2.24) is 18.8 Å². The molecule has 0 aromatic carbocycles. The zero-order chi connectivity index (χ0) is 20.1.